The number of nitrogens with one attached hydrogen (secondary N) is 1. The van der Waals surface area contributed by atoms with Crippen molar-refractivity contribution in [3.63, 3.8) is 0 Å². The third kappa shape index (κ3) is 5.07. The average Bonchev–Trinajstić information content (AvgIpc) is 3.11. The van der Waals surface area contributed by atoms with Crippen LogP contribution in [0.2, 0.25) is 0 Å². The molecule has 1 atom stereocenters. The standard InChI is InChI=1S/C25H26FN3O5S/c1-5-34-24-23(33-3)11-9-19(27-24)22(14-35(4,31)32)29-21-10-7-16(13-20(21)28-25(29)30)17-8-6-15(2)12-18(17)26/h6-13,22H,5,14H2,1-4H3,(H,28,30)/t22-/m1/s1. The number of H-pyrrole nitrogens is 1. The molecule has 2 heterocycles. The van der Waals surface area contributed by atoms with Crippen LogP contribution in [0.15, 0.2) is 53.3 Å². The van der Waals surface area contributed by atoms with Crippen molar-refractivity contribution in [1.82, 2.24) is 14.5 Å². The minimum Gasteiger partial charge on any atom is -0.491 e. The quantitative estimate of drug-likeness (QED) is 0.395. The molecule has 35 heavy (non-hydrogen) atoms. The number of aromatic nitrogens is 3. The third-order valence-electron chi connectivity index (χ3n) is 5.61. The van der Waals surface area contributed by atoms with E-state index in [9.17, 15) is 17.6 Å². The van der Waals surface area contributed by atoms with Crippen LogP contribution in [0.3, 0.4) is 0 Å². The van der Waals surface area contributed by atoms with Crippen LogP contribution in [0.25, 0.3) is 22.2 Å². The summed E-state index contributed by atoms with van der Waals surface area (Å²) in [6, 6.07) is 12.3. The Morgan fingerprint density at radius 3 is 2.57 bits per heavy atom. The Bertz CT molecular complexity index is 1560. The van der Waals surface area contributed by atoms with Crippen molar-refractivity contribution in [2.45, 2.75) is 19.9 Å². The van der Waals surface area contributed by atoms with Crippen molar-refractivity contribution in [2.24, 2.45) is 0 Å². The monoisotopic (exact) mass is 499 g/mol. The fourth-order valence-corrected chi connectivity index (χ4v) is 4.96. The van der Waals surface area contributed by atoms with Crippen molar-refractivity contribution < 1.29 is 22.3 Å². The van der Waals surface area contributed by atoms with Gasteiger partial charge in [-0.05, 0) is 55.3 Å². The number of hydrogen-bond acceptors (Lipinski definition) is 6. The zero-order valence-corrected chi connectivity index (χ0v) is 20.6. The van der Waals surface area contributed by atoms with Crippen LogP contribution in [0.4, 0.5) is 4.39 Å². The molecule has 0 aliphatic rings. The van der Waals surface area contributed by atoms with Crippen LogP contribution in [0.1, 0.15) is 24.2 Å². The normalized spacial score (nSPS) is 12.6. The lowest BCUT2D eigenvalue weighted by Gasteiger charge is -2.19. The van der Waals surface area contributed by atoms with Gasteiger partial charge in [0.15, 0.2) is 5.75 Å². The summed E-state index contributed by atoms with van der Waals surface area (Å²) in [4.78, 5) is 20.3. The molecule has 0 aliphatic carbocycles. The van der Waals surface area contributed by atoms with E-state index in [2.05, 4.69) is 9.97 Å². The van der Waals surface area contributed by atoms with E-state index in [1.807, 2.05) is 6.07 Å². The largest absolute Gasteiger partial charge is 0.491 e. The van der Waals surface area contributed by atoms with Crippen molar-refractivity contribution in [2.75, 3.05) is 25.7 Å². The second kappa shape index (κ2) is 9.53. The number of methoxy groups -OCH3 is 1. The summed E-state index contributed by atoms with van der Waals surface area (Å²) in [5.41, 5.74) is 2.53. The molecule has 0 spiro atoms. The van der Waals surface area contributed by atoms with Crippen molar-refractivity contribution in [3.8, 4) is 22.8 Å². The molecule has 2 aromatic heterocycles. The second-order valence-corrected chi connectivity index (χ2v) is 10.5. The van der Waals surface area contributed by atoms with Gasteiger partial charge in [-0.1, -0.05) is 18.2 Å². The van der Waals surface area contributed by atoms with Crippen molar-refractivity contribution in [1.29, 1.82) is 0 Å². The minimum absolute atomic E-state index is 0.205. The van der Waals surface area contributed by atoms with E-state index in [0.717, 1.165) is 11.8 Å². The smallest absolute Gasteiger partial charge is 0.327 e. The molecule has 4 aromatic rings. The first kappa shape index (κ1) is 24.5. The molecule has 4 rings (SSSR count). The molecule has 2 aromatic carbocycles. The van der Waals surface area contributed by atoms with Crippen LogP contribution in [0.5, 0.6) is 11.6 Å². The highest BCUT2D eigenvalue weighted by Gasteiger charge is 2.26. The Labute approximate surface area is 202 Å². The van der Waals surface area contributed by atoms with E-state index in [4.69, 9.17) is 9.47 Å². The number of fused-ring (bicyclic) bond motifs is 1. The number of nitrogens with zero attached hydrogens (tertiary/aromatic N) is 2. The van der Waals surface area contributed by atoms with Crippen molar-refractivity contribution >= 4 is 20.9 Å². The molecule has 0 saturated carbocycles. The van der Waals surface area contributed by atoms with E-state index >= 15 is 0 Å². The summed E-state index contributed by atoms with van der Waals surface area (Å²) in [5, 5.41) is 0. The van der Waals surface area contributed by atoms with E-state index in [0.29, 0.717) is 40.2 Å². The Balaban J connectivity index is 1.88. The van der Waals surface area contributed by atoms with E-state index in [1.54, 1.807) is 50.2 Å². The van der Waals surface area contributed by atoms with Gasteiger partial charge in [0.05, 0.1) is 42.2 Å². The molecular weight excluding hydrogens is 473 g/mol. The van der Waals surface area contributed by atoms with Gasteiger partial charge in [-0.2, -0.15) is 0 Å². The maximum absolute atomic E-state index is 14.5. The Hall–Kier alpha value is -3.66. The molecular formula is C25H26FN3O5S. The Morgan fingerprint density at radius 1 is 1.14 bits per heavy atom. The van der Waals surface area contributed by atoms with E-state index in [1.165, 1.54) is 17.7 Å². The molecule has 184 valence electrons. The van der Waals surface area contributed by atoms with E-state index in [-0.39, 0.29) is 17.5 Å². The summed E-state index contributed by atoms with van der Waals surface area (Å²) >= 11 is 0. The first-order valence-corrected chi connectivity index (χ1v) is 13.0. The summed E-state index contributed by atoms with van der Waals surface area (Å²) in [6.07, 6.45) is 1.10. The van der Waals surface area contributed by atoms with Gasteiger partial charge in [-0.15, -0.1) is 0 Å². The summed E-state index contributed by atoms with van der Waals surface area (Å²) in [5.74, 6) is -0.133. The molecule has 10 heteroatoms. The third-order valence-corrected chi connectivity index (χ3v) is 6.53. The van der Waals surface area contributed by atoms with Gasteiger partial charge in [-0.25, -0.2) is 22.6 Å². The first-order chi connectivity index (χ1) is 16.6. The Kier molecular flexibility index (Phi) is 6.66. The molecule has 0 fully saturated rings. The number of hydrogen-bond donors (Lipinski definition) is 1. The lowest BCUT2D eigenvalue weighted by Crippen LogP contribution is -2.29. The number of sulfone groups is 1. The lowest BCUT2D eigenvalue weighted by molar-refractivity contribution is 0.296. The van der Waals surface area contributed by atoms with Crippen molar-refractivity contribution in [3.05, 3.63) is 76.1 Å². The van der Waals surface area contributed by atoms with Gasteiger partial charge in [0.1, 0.15) is 15.7 Å². The van der Waals surface area contributed by atoms with Gasteiger partial charge in [0.2, 0.25) is 0 Å². The maximum Gasteiger partial charge on any atom is 0.327 e. The fraction of sp³-hybridized carbons (Fsp3) is 0.280. The predicted octanol–water partition coefficient (Wildman–Crippen LogP) is 3.88. The maximum atomic E-state index is 14.5. The number of aromatic amines is 1. The second-order valence-electron chi connectivity index (χ2n) is 8.30. The van der Waals surface area contributed by atoms with Crippen LogP contribution in [-0.4, -0.2) is 48.7 Å². The topological polar surface area (TPSA) is 103 Å². The SMILES string of the molecule is CCOc1nc([C@@H](CS(C)(=O)=O)n2c(=O)[nH]c3cc(-c4ccc(C)cc4F)ccc32)ccc1OC. The zero-order chi connectivity index (χ0) is 25.3. The van der Waals surface area contributed by atoms with Crippen LogP contribution in [-0.2, 0) is 9.84 Å². The zero-order valence-electron chi connectivity index (χ0n) is 19.8. The number of aryl methyl sites for hydroxylation is 1. The molecule has 0 radical (unpaired) electrons. The molecule has 0 aliphatic heterocycles. The molecule has 0 unspecified atom stereocenters. The Morgan fingerprint density at radius 2 is 1.91 bits per heavy atom. The van der Waals surface area contributed by atoms with Gasteiger partial charge >= 0.3 is 5.69 Å². The molecule has 8 nitrogen and oxygen atoms in total. The molecule has 0 saturated heterocycles. The van der Waals surface area contributed by atoms with Crippen LogP contribution in [0, 0.1) is 12.7 Å². The highest BCUT2D eigenvalue weighted by molar-refractivity contribution is 7.90. The summed E-state index contributed by atoms with van der Waals surface area (Å²) in [7, 11) is -2.04. The number of benzene rings is 2. The van der Waals surface area contributed by atoms with Gasteiger partial charge in [0.25, 0.3) is 5.88 Å². The number of ether oxygens (including phenoxy) is 2. The fourth-order valence-electron chi connectivity index (χ4n) is 4.06. The average molecular weight is 500 g/mol. The number of pyridine rings is 1. The molecule has 0 bridgehead atoms. The highest BCUT2D eigenvalue weighted by atomic mass is 32.2. The highest BCUT2D eigenvalue weighted by Crippen LogP contribution is 2.31. The summed E-state index contributed by atoms with van der Waals surface area (Å²) in [6.45, 7) is 3.93. The lowest BCUT2D eigenvalue weighted by atomic mass is 10.0. The number of rotatable bonds is 8. The van der Waals surface area contributed by atoms with Crippen LogP contribution < -0.4 is 15.2 Å². The minimum atomic E-state index is -3.52. The predicted molar refractivity (Wildman–Crippen MR) is 132 cm³/mol. The number of imidazole rings is 1. The summed E-state index contributed by atoms with van der Waals surface area (Å²) < 4.78 is 51.4. The molecule has 1 N–H and O–H groups in total. The van der Waals surface area contributed by atoms with Crippen LogP contribution >= 0.6 is 0 Å². The molecule has 0 amide bonds. The van der Waals surface area contributed by atoms with E-state index < -0.39 is 21.6 Å². The first-order valence-electron chi connectivity index (χ1n) is 11.0. The van der Waals surface area contributed by atoms with Gasteiger partial charge < -0.3 is 14.5 Å². The number of halogens is 1. The van der Waals surface area contributed by atoms with Gasteiger partial charge in [0, 0.05) is 11.8 Å². The van der Waals surface area contributed by atoms with Gasteiger partial charge in [-0.3, -0.25) is 4.57 Å².